The lowest BCUT2D eigenvalue weighted by molar-refractivity contribution is -0.155. The maximum absolute atomic E-state index is 14.7. The Hall–Kier alpha value is -3.42. The molecule has 25 heteroatoms. The SMILES string of the molecule is CCC(C)(CCC(=O)C(C)(C)CC)OCCC(C)OCCC(=O)N[C@H](CSCC1CCC[C@@H](O)O1)C(=O)NCCC(=O)OCC(=O)Nc1ccn([C@@H]2O[C@H](COP(=O)(O)O)[C@@H](O)[C@@H]2F)c(=O)n1. The summed E-state index contributed by atoms with van der Waals surface area (Å²) in [7, 11) is -4.96. The van der Waals surface area contributed by atoms with Crippen LogP contribution in [0.25, 0.3) is 0 Å². The highest BCUT2D eigenvalue weighted by molar-refractivity contribution is 7.99. The van der Waals surface area contributed by atoms with Crippen molar-refractivity contribution in [3.63, 3.8) is 0 Å². The van der Waals surface area contributed by atoms with Crippen molar-refractivity contribution in [2.45, 2.75) is 160 Å². The number of aromatic nitrogens is 2. The van der Waals surface area contributed by atoms with Crippen LogP contribution in [0.2, 0.25) is 0 Å². The maximum Gasteiger partial charge on any atom is 0.469 e. The third-order valence-electron chi connectivity index (χ3n) is 11.6. The molecule has 382 valence electrons. The van der Waals surface area contributed by atoms with Crippen LogP contribution in [0, 0.1) is 5.41 Å². The number of aliphatic hydroxyl groups excluding tert-OH is 2. The predicted molar refractivity (Wildman–Crippen MR) is 240 cm³/mol. The van der Waals surface area contributed by atoms with Crippen LogP contribution in [0.1, 0.15) is 112 Å². The zero-order valence-electron chi connectivity index (χ0n) is 39.0. The van der Waals surface area contributed by atoms with Gasteiger partial charge in [-0.05, 0) is 64.9 Å². The molecule has 3 rings (SSSR count). The van der Waals surface area contributed by atoms with Crippen molar-refractivity contribution in [3.05, 3.63) is 22.7 Å². The van der Waals surface area contributed by atoms with Crippen LogP contribution in [-0.4, -0.2) is 152 Å². The van der Waals surface area contributed by atoms with E-state index in [-0.39, 0.29) is 61.0 Å². The van der Waals surface area contributed by atoms with Gasteiger partial charge in [-0.15, -0.1) is 0 Å². The molecule has 1 aromatic heterocycles. The van der Waals surface area contributed by atoms with E-state index < -0.39 is 93.0 Å². The third-order valence-corrected chi connectivity index (χ3v) is 13.3. The zero-order valence-corrected chi connectivity index (χ0v) is 40.7. The Morgan fingerprint density at radius 3 is 2.43 bits per heavy atom. The lowest BCUT2D eigenvalue weighted by Gasteiger charge is -2.31. The molecule has 0 saturated carbocycles. The molecule has 1 aromatic rings. The molecule has 0 aliphatic carbocycles. The summed E-state index contributed by atoms with van der Waals surface area (Å²) in [5.41, 5.74) is -1.95. The smallest absolute Gasteiger partial charge is 0.456 e. The minimum absolute atomic E-state index is 0.0417. The topological polar surface area (TPSA) is 310 Å². The van der Waals surface area contributed by atoms with Crippen LogP contribution in [-0.2, 0) is 56.7 Å². The van der Waals surface area contributed by atoms with Crippen molar-refractivity contribution in [2.24, 2.45) is 5.41 Å². The van der Waals surface area contributed by atoms with E-state index in [0.717, 1.165) is 37.9 Å². The van der Waals surface area contributed by atoms with Gasteiger partial charge in [-0.1, -0.05) is 27.7 Å². The Bertz CT molecular complexity index is 1890. The number of carbonyl (C=O) groups excluding carboxylic acids is 5. The summed E-state index contributed by atoms with van der Waals surface area (Å²) in [5, 5.41) is 27.5. The fourth-order valence-electron chi connectivity index (χ4n) is 6.66. The van der Waals surface area contributed by atoms with Crippen LogP contribution >= 0.6 is 19.6 Å². The van der Waals surface area contributed by atoms with E-state index in [1.165, 1.54) is 11.8 Å². The highest BCUT2D eigenvalue weighted by atomic mass is 32.2. The lowest BCUT2D eigenvalue weighted by Crippen LogP contribution is -2.49. The molecular formula is C42H69FN5O17PS. The highest BCUT2D eigenvalue weighted by Crippen LogP contribution is 2.39. The number of alkyl halides is 1. The Balaban J connectivity index is 1.43. The molecule has 2 saturated heterocycles. The van der Waals surface area contributed by atoms with Crippen molar-refractivity contribution in [1.29, 1.82) is 0 Å². The number of ether oxygens (including phenoxy) is 5. The Morgan fingerprint density at radius 2 is 1.78 bits per heavy atom. The molecule has 2 fully saturated rings. The van der Waals surface area contributed by atoms with Crippen molar-refractivity contribution >= 4 is 54.9 Å². The average molecular weight is 998 g/mol. The zero-order chi connectivity index (χ0) is 50.0. The second kappa shape index (κ2) is 27.7. The van der Waals surface area contributed by atoms with Gasteiger partial charge >= 0.3 is 19.5 Å². The number of thioether (sulfide) groups is 1. The third kappa shape index (κ3) is 20.6. The molecule has 2 aliphatic heterocycles. The highest BCUT2D eigenvalue weighted by Gasteiger charge is 2.46. The fraction of sp³-hybridized carbons (Fsp3) is 0.786. The largest absolute Gasteiger partial charge is 0.469 e. The van der Waals surface area contributed by atoms with Crippen LogP contribution in [0.3, 0.4) is 0 Å². The number of hydrogen-bond acceptors (Lipinski definition) is 17. The van der Waals surface area contributed by atoms with Crippen LogP contribution in [0.4, 0.5) is 10.2 Å². The summed E-state index contributed by atoms with van der Waals surface area (Å²) < 4.78 is 58.4. The molecule has 7 N–H and O–H groups in total. The quantitative estimate of drug-likeness (QED) is 0.0429. The molecule has 3 unspecified atom stereocenters. The molecule has 0 spiro atoms. The van der Waals surface area contributed by atoms with Gasteiger partial charge in [-0.2, -0.15) is 16.7 Å². The molecule has 0 radical (unpaired) electrons. The number of nitrogens with zero attached hydrogens (tertiary/aromatic N) is 2. The number of amides is 3. The van der Waals surface area contributed by atoms with Crippen molar-refractivity contribution in [1.82, 2.24) is 20.2 Å². The number of Topliss-reactive ketones (excluding diaryl/α,β-unsaturated/α-hetero) is 1. The fourth-order valence-corrected chi connectivity index (χ4v) is 8.12. The summed E-state index contributed by atoms with van der Waals surface area (Å²) in [6, 6.07) is 0.0837. The number of carbonyl (C=O) groups is 5. The van der Waals surface area contributed by atoms with Gasteiger partial charge < -0.3 is 59.6 Å². The minimum Gasteiger partial charge on any atom is -0.456 e. The van der Waals surface area contributed by atoms with Crippen molar-refractivity contribution in [3.8, 4) is 0 Å². The van der Waals surface area contributed by atoms with Gasteiger partial charge in [0.05, 0.1) is 37.4 Å². The molecule has 0 aromatic carbocycles. The number of halogens is 1. The lowest BCUT2D eigenvalue weighted by atomic mass is 9.81. The number of phosphoric ester groups is 1. The van der Waals surface area contributed by atoms with Gasteiger partial charge in [-0.25, -0.2) is 13.8 Å². The normalized spacial score (nSPS) is 22.9. The number of hydrogen-bond donors (Lipinski definition) is 7. The van der Waals surface area contributed by atoms with E-state index in [0.29, 0.717) is 42.6 Å². The summed E-state index contributed by atoms with van der Waals surface area (Å²) in [4.78, 5) is 97.8. The molecule has 22 nitrogen and oxygen atoms in total. The van der Waals surface area contributed by atoms with Gasteiger partial charge in [0.25, 0.3) is 5.91 Å². The van der Waals surface area contributed by atoms with Gasteiger partial charge in [0.1, 0.15) is 29.9 Å². The first-order valence-corrected chi connectivity index (χ1v) is 25.1. The van der Waals surface area contributed by atoms with Crippen molar-refractivity contribution in [2.75, 3.05) is 49.8 Å². The number of rotatable bonds is 30. The number of ketones is 1. The molecule has 67 heavy (non-hydrogen) atoms. The monoisotopic (exact) mass is 997 g/mol. The van der Waals surface area contributed by atoms with Crippen LogP contribution < -0.4 is 21.6 Å². The Kier molecular flexibility index (Phi) is 23.9. The minimum atomic E-state index is -4.96. The standard InChI is InChI=1S/C42H69FN5O17PS/c1-7-41(4,5)30(49)12-17-42(6,8-2)62-21-15-26(3)60-20-16-32(50)45-28(25-67-24-27-10-9-11-35(53)64-27)38(55)44-18-13-34(52)61-23-33(51)46-31-14-19-48(40(56)47-31)39-36(43)37(54)29(65-39)22-63-66(57,58)59/h14,19,26-29,35-37,39,53-54H,7-13,15-18,20-25H2,1-6H3,(H,44,55)(H,45,50)(H2,57,58,59)(H,46,47,51,56)/t26?,27?,28-,29-,35+,36+,37-,39-,42?/m1/s1. The number of esters is 1. The first-order chi connectivity index (χ1) is 31.5. The van der Waals surface area contributed by atoms with Gasteiger partial charge in [0, 0.05) is 49.1 Å². The van der Waals surface area contributed by atoms with Gasteiger partial charge in [-0.3, -0.25) is 33.1 Å². The molecular weight excluding hydrogens is 929 g/mol. The number of anilines is 1. The Labute approximate surface area is 393 Å². The molecule has 3 heterocycles. The van der Waals surface area contributed by atoms with E-state index in [9.17, 15) is 47.9 Å². The van der Waals surface area contributed by atoms with E-state index in [1.54, 1.807) is 0 Å². The number of nitrogens with one attached hydrogen (secondary N) is 3. The van der Waals surface area contributed by atoms with Crippen LogP contribution in [0.5, 0.6) is 0 Å². The maximum atomic E-state index is 14.7. The van der Waals surface area contributed by atoms with Gasteiger partial charge in [0.15, 0.2) is 25.3 Å². The second-order valence-electron chi connectivity index (χ2n) is 17.4. The summed E-state index contributed by atoms with van der Waals surface area (Å²) in [5.74, 6) is -2.26. The van der Waals surface area contributed by atoms with E-state index >= 15 is 0 Å². The summed E-state index contributed by atoms with van der Waals surface area (Å²) in [6.45, 7) is 10.4. The molecule has 3 amide bonds. The average Bonchev–Trinajstić information content (AvgIpc) is 3.54. The second-order valence-corrected chi connectivity index (χ2v) is 19.7. The first kappa shape index (κ1) is 57.9. The number of phosphoric acid groups is 1. The van der Waals surface area contributed by atoms with Crippen LogP contribution in [0.15, 0.2) is 17.1 Å². The molecule has 9 atom stereocenters. The van der Waals surface area contributed by atoms with Gasteiger partial charge in [0.2, 0.25) is 11.8 Å². The molecule has 2 aliphatic rings. The van der Waals surface area contributed by atoms with E-state index in [2.05, 4.69) is 25.5 Å². The van der Waals surface area contributed by atoms with E-state index in [1.807, 2.05) is 41.5 Å². The summed E-state index contributed by atoms with van der Waals surface area (Å²) >= 11 is 1.35. The van der Waals surface area contributed by atoms with E-state index in [4.69, 9.17) is 33.5 Å². The van der Waals surface area contributed by atoms with Crippen molar-refractivity contribution < 1.29 is 81.1 Å². The first-order valence-electron chi connectivity index (χ1n) is 22.4. The molecule has 0 bridgehead atoms. The summed E-state index contributed by atoms with van der Waals surface area (Å²) in [6.07, 6.45) is -2.90. The Morgan fingerprint density at radius 1 is 1.04 bits per heavy atom. The number of aliphatic hydroxyl groups is 2. The predicted octanol–water partition coefficient (Wildman–Crippen LogP) is 2.20.